The van der Waals surface area contributed by atoms with Gasteiger partial charge in [0, 0.05) is 10.4 Å². The highest BCUT2D eigenvalue weighted by Gasteiger charge is 2.16. The van der Waals surface area contributed by atoms with Crippen molar-refractivity contribution in [1.82, 2.24) is 0 Å². The highest BCUT2D eigenvalue weighted by atomic mass is 79.9. The van der Waals surface area contributed by atoms with Crippen molar-refractivity contribution >= 4 is 60.3 Å². The van der Waals surface area contributed by atoms with Crippen molar-refractivity contribution in [2.75, 3.05) is 0 Å². The van der Waals surface area contributed by atoms with E-state index in [0.717, 1.165) is 22.9 Å². The van der Waals surface area contributed by atoms with Crippen LogP contribution in [0.5, 0.6) is 0 Å². The summed E-state index contributed by atoms with van der Waals surface area (Å²) in [6, 6.07) is 5.69. The molecule has 0 bridgehead atoms. The van der Waals surface area contributed by atoms with Crippen LogP contribution in [-0.2, 0) is 0 Å². The molecule has 78 valence electrons. The molecule has 0 spiro atoms. The molecule has 1 nitrogen and oxygen atoms in total. The van der Waals surface area contributed by atoms with Crippen LogP contribution in [0.25, 0.3) is 0 Å². The molecule has 0 N–H and O–H groups in total. The van der Waals surface area contributed by atoms with E-state index in [-0.39, 0.29) is 5.78 Å². The second-order valence-electron chi connectivity index (χ2n) is 2.98. The summed E-state index contributed by atoms with van der Waals surface area (Å²) in [4.78, 5) is 14.0. The molecule has 2 aromatic heterocycles. The zero-order valence-electron chi connectivity index (χ0n) is 7.71. The largest absolute Gasteiger partial charge is 0.288 e. The number of carbonyl (C=O) groups excluding carboxylic acids is 1. The van der Waals surface area contributed by atoms with Gasteiger partial charge in [0.1, 0.15) is 0 Å². The number of hydrogen-bond acceptors (Lipinski definition) is 3. The topological polar surface area (TPSA) is 17.1 Å². The summed E-state index contributed by atoms with van der Waals surface area (Å²) in [6.07, 6.45) is 0. The zero-order chi connectivity index (χ0) is 11.0. The predicted octanol–water partition coefficient (Wildman–Crippen LogP) is 4.87. The van der Waals surface area contributed by atoms with Gasteiger partial charge in [0.25, 0.3) is 0 Å². The van der Waals surface area contributed by atoms with Crippen LogP contribution < -0.4 is 0 Å². The molecule has 0 aromatic carbocycles. The van der Waals surface area contributed by atoms with Gasteiger partial charge in [0.05, 0.1) is 12.4 Å². The van der Waals surface area contributed by atoms with Gasteiger partial charge in [0.2, 0.25) is 5.78 Å². The maximum Gasteiger partial charge on any atom is 0.204 e. The molecule has 5 heteroatoms. The van der Waals surface area contributed by atoms with E-state index < -0.39 is 0 Å². The van der Waals surface area contributed by atoms with Crippen LogP contribution in [-0.4, -0.2) is 5.78 Å². The fourth-order valence-electron chi connectivity index (χ4n) is 1.18. The molecule has 0 fully saturated rings. The maximum atomic E-state index is 12.1. The highest BCUT2D eigenvalue weighted by molar-refractivity contribution is 9.12. The van der Waals surface area contributed by atoms with Crippen molar-refractivity contribution in [3.8, 4) is 0 Å². The van der Waals surface area contributed by atoms with E-state index in [1.807, 2.05) is 25.1 Å². The first-order valence-corrected chi connectivity index (χ1v) is 7.36. The Labute approximate surface area is 112 Å². The summed E-state index contributed by atoms with van der Waals surface area (Å²) in [7, 11) is 0. The number of aryl methyl sites for hydroxylation is 1. The van der Waals surface area contributed by atoms with Gasteiger partial charge < -0.3 is 0 Å². The highest BCUT2D eigenvalue weighted by Crippen LogP contribution is 2.34. The average molecular weight is 366 g/mol. The van der Waals surface area contributed by atoms with E-state index >= 15 is 0 Å². The molecular formula is C10H6Br2OS2. The Morgan fingerprint density at radius 2 is 2.00 bits per heavy atom. The van der Waals surface area contributed by atoms with Gasteiger partial charge in [-0.3, -0.25) is 4.79 Å². The van der Waals surface area contributed by atoms with Crippen LogP contribution >= 0.6 is 54.5 Å². The normalized spacial score (nSPS) is 10.6. The molecular weight excluding hydrogens is 360 g/mol. The Morgan fingerprint density at radius 3 is 2.47 bits per heavy atom. The number of ketones is 1. The van der Waals surface area contributed by atoms with Crippen LogP contribution in [0.2, 0.25) is 0 Å². The molecule has 0 unspecified atom stereocenters. The summed E-state index contributed by atoms with van der Waals surface area (Å²) in [6.45, 7) is 2.00. The summed E-state index contributed by atoms with van der Waals surface area (Å²) >= 11 is 9.81. The maximum absolute atomic E-state index is 12.1. The number of hydrogen-bond donors (Lipinski definition) is 0. The second-order valence-corrected chi connectivity index (χ2v) is 8.01. The molecule has 15 heavy (non-hydrogen) atoms. The van der Waals surface area contributed by atoms with Crippen LogP contribution in [0.1, 0.15) is 20.1 Å². The first-order chi connectivity index (χ1) is 7.08. The minimum Gasteiger partial charge on any atom is -0.288 e. The van der Waals surface area contributed by atoms with Crippen molar-refractivity contribution in [2.45, 2.75) is 6.92 Å². The standard InChI is InChI=1S/C10H6Br2OS2/c1-5-2-3-7(14-5)9(13)6-4-8(11)15-10(6)12/h2-4H,1H3. The molecule has 0 amide bonds. The van der Waals surface area contributed by atoms with E-state index in [1.54, 1.807) is 0 Å². The number of rotatable bonds is 2. The van der Waals surface area contributed by atoms with Crippen LogP contribution in [0.15, 0.2) is 25.8 Å². The molecule has 0 aliphatic rings. The average Bonchev–Trinajstić information content (AvgIpc) is 2.71. The lowest BCUT2D eigenvalue weighted by molar-refractivity contribution is 0.104. The smallest absolute Gasteiger partial charge is 0.204 e. The van der Waals surface area contributed by atoms with E-state index in [1.165, 1.54) is 22.7 Å². The predicted molar refractivity (Wildman–Crippen MR) is 72.2 cm³/mol. The molecule has 0 aliphatic heterocycles. The Morgan fingerprint density at radius 1 is 1.27 bits per heavy atom. The van der Waals surface area contributed by atoms with Gasteiger partial charge in [-0.1, -0.05) is 0 Å². The van der Waals surface area contributed by atoms with E-state index in [9.17, 15) is 4.79 Å². The summed E-state index contributed by atoms with van der Waals surface area (Å²) in [5.41, 5.74) is 0.730. The lowest BCUT2D eigenvalue weighted by Gasteiger charge is -1.93. The molecule has 0 saturated heterocycles. The van der Waals surface area contributed by atoms with Gasteiger partial charge in [-0.2, -0.15) is 0 Å². The zero-order valence-corrected chi connectivity index (χ0v) is 12.5. The Hall–Kier alpha value is 0.0300. The number of halogens is 2. The van der Waals surface area contributed by atoms with Crippen molar-refractivity contribution in [3.05, 3.63) is 41.1 Å². The van der Waals surface area contributed by atoms with Gasteiger partial charge >= 0.3 is 0 Å². The Kier molecular flexibility index (Phi) is 3.45. The quantitative estimate of drug-likeness (QED) is 0.693. The number of thiophene rings is 2. The third-order valence-electron chi connectivity index (χ3n) is 1.87. The molecule has 0 saturated carbocycles. The van der Waals surface area contributed by atoms with Gasteiger partial charge in [-0.25, -0.2) is 0 Å². The summed E-state index contributed by atoms with van der Waals surface area (Å²) in [5, 5.41) is 0. The molecule has 2 heterocycles. The molecule has 0 aliphatic carbocycles. The van der Waals surface area contributed by atoms with E-state index in [4.69, 9.17) is 0 Å². The lowest BCUT2D eigenvalue weighted by Crippen LogP contribution is -1.96. The monoisotopic (exact) mass is 364 g/mol. The SMILES string of the molecule is Cc1ccc(C(=O)c2cc(Br)sc2Br)s1. The van der Waals surface area contributed by atoms with Crippen LogP contribution in [0.3, 0.4) is 0 Å². The van der Waals surface area contributed by atoms with Crippen molar-refractivity contribution in [1.29, 1.82) is 0 Å². The third-order valence-corrected chi connectivity index (χ3v) is 5.20. The van der Waals surface area contributed by atoms with E-state index in [0.29, 0.717) is 0 Å². The fourth-order valence-corrected chi connectivity index (χ4v) is 4.80. The molecule has 0 radical (unpaired) electrons. The van der Waals surface area contributed by atoms with Crippen molar-refractivity contribution in [2.24, 2.45) is 0 Å². The molecule has 0 atom stereocenters. The Balaban J connectivity index is 2.40. The van der Waals surface area contributed by atoms with Crippen molar-refractivity contribution < 1.29 is 4.79 Å². The van der Waals surface area contributed by atoms with E-state index in [2.05, 4.69) is 31.9 Å². The van der Waals surface area contributed by atoms with Crippen LogP contribution in [0.4, 0.5) is 0 Å². The third kappa shape index (κ3) is 2.41. The number of carbonyl (C=O) groups is 1. The summed E-state index contributed by atoms with van der Waals surface area (Å²) < 4.78 is 1.84. The minimum absolute atomic E-state index is 0.0851. The van der Waals surface area contributed by atoms with Gasteiger partial charge in [-0.05, 0) is 57.0 Å². The second kappa shape index (κ2) is 4.49. The van der Waals surface area contributed by atoms with Gasteiger partial charge in [-0.15, -0.1) is 22.7 Å². The first-order valence-electron chi connectivity index (χ1n) is 4.14. The van der Waals surface area contributed by atoms with Gasteiger partial charge in [0.15, 0.2) is 0 Å². The lowest BCUT2D eigenvalue weighted by atomic mass is 10.2. The fraction of sp³-hybridized carbons (Fsp3) is 0.100. The first kappa shape index (κ1) is 11.5. The molecule has 2 aromatic rings. The minimum atomic E-state index is 0.0851. The molecule has 2 rings (SSSR count). The summed E-state index contributed by atoms with van der Waals surface area (Å²) in [5.74, 6) is 0.0851. The van der Waals surface area contributed by atoms with Crippen LogP contribution in [0, 0.1) is 6.92 Å². The van der Waals surface area contributed by atoms with Crippen molar-refractivity contribution in [3.63, 3.8) is 0 Å². The Bertz CT molecular complexity index is 513.